The molecule has 0 amide bonds. The minimum atomic E-state index is -0.0607. The van der Waals surface area contributed by atoms with Gasteiger partial charge >= 0.3 is 0 Å². The van der Waals surface area contributed by atoms with Crippen LogP contribution in [0.2, 0.25) is 0 Å². The number of aromatic nitrogens is 2. The molecule has 0 aliphatic rings. The largest absolute Gasteiger partial charge is 0.295 e. The van der Waals surface area contributed by atoms with Gasteiger partial charge in [0.2, 0.25) is 0 Å². The lowest BCUT2D eigenvalue weighted by Crippen LogP contribution is -2.20. The quantitative estimate of drug-likeness (QED) is 0.595. The first-order valence-electron chi connectivity index (χ1n) is 3.67. The second-order valence-electron chi connectivity index (χ2n) is 3.84. The molecule has 1 heterocycles. The van der Waals surface area contributed by atoms with E-state index in [2.05, 4.69) is 5.10 Å². The van der Waals surface area contributed by atoms with Crippen molar-refractivity contribution in [3.05, 3.63) is 22.1 Å². The molecule has 3 nitrogen and oxygen atoms in total. The van der Waals surface area contributed by atoms with Crippen LogP contribution in [0, 0.1) is 0 Å². The SMILES string of the molecule is Cn1cc(C(C)(C)C)c(=O)[nH]1. The van der Waals surface area contributed by atoms with E-state index in [0.717, 1.165) is 5.56 Å². The number of aryl methyl sites for hydroxylation is 1. The van der Waals surface area contributed by atoms with Gasteiger partial charge in [-0.2, -0.15) is 0 Å². The molecule has 0 radical (unpaired) electrons. The van der Waals surface area contributed by atoms with Crippen LogP contribution in [0.15, 0.2) is 11.0 Å². The molecule has 11 heavy (non-hydrogen) atoms. The van der Waals surface area contributed by atoms with Gasteiger partial charge in [-0.15, -0.1) is 0 Å². The summed E-state index contributed by atoms with van der Waals surface area (Å²) in [4.78, 5) is 11.2. The average Bonchev–Trinajstić information content (AvgIpc) is 2.08. The Morgan fingerprint density at radius 3 is 2.18 bits per heavy atom. The average molecular weight is 154 g/mol. The predicted octanol–water partition coefficient (Wildman–Crippen LogP) is 1.01. The van der Waals surface area contributed by atoms with Gasteiger partial charge in [0.1, 0.15) is 0 Å². The molecule has 0 saturated carbocycles. The highest BCUT2D eigenvalue weighted by Gasteiger charge is 2.18. The van der Waals surface area contributed by atoms with Crippen molar-refractivity contribution in [2.24, 2.45) is 7.05 Å². The van der Waals surface area contributed by atoms with Crippen LogP contribution in [0.1, 0.15) is 26.3 Å². The summed E-state index contributed by atoms with van der Waals surface area (Å²) in [5.41, 5.74) is 0.787. The van der Waals surface area contributed by atoms with Crippen LogP contribution in [0.25, 0.3) is 0 Å². The molecule has 0 spiro atoms. The van der Waals surface area contributed by atoms with E-state index >= 15 is 0 Å². The zero-order chi connectivity index (χ0) is 8.65. The predicted molar refractivity (Wildman–Crippen MR) is 44.7 cm³/mol. The van der Waals surface area contributed by atoms with E-state index in [1.54, 1.807) is 4.68 Å². The van der Waals surface area contributed by atoms with Crippen LogP contribution in [-0.2, 0) is 12.5 Å². The van der Waals surface area contributed by atoms with Gasteiger partial charge in [-0.3, -0.25) is 14.6 Å². The van der Waals surface area contributed by atoms with E-state index in [4.69, 9.17) is 0 Å². The summed E-state index contributed by atoms with van der Waals surface area (Å²) in [6.07, 6.45) is 1.84. The first-order chi connectivity index (χ1) is 4.91. The molecular weight excluding hydrogens is 140 g/mol. The molecular formula is C8H14N2O. The van der Waals surface area contributed by atoms with Gasteiger partial charge in [0.05, 0.1) is 0 Å². The fourth-order valence-corrected chi connectivity index (χ4v) is 1.04. The van der Waals surface area contributed by atoms with Crippen LogP contribution in [-0.4, -0.2) is 9.78 Å². The molecule has 0 aliphatic heterocycles. The minimum Gasteiger partial charge on any atom is -0.295 e. The van der Waals surface area contributed by atoms with Crippen molar-refractivity contribution < 1.29 is 0 Å². The highest BCUT2D eigenvalue weighted by atomic mass is 16.1. The molecule has 62 valence electrons. The number of H-pyrrole nitrogens is 1. The van der Waals surface area contributed by atoms with Crippen LogP contribution in [0.3, 0.4) is 0 Å². The monoisotopic (exact) mass is 154 g/mol. The van der Waals surface area contributed by atoms with Gasteiger partial charge in [-0.05, 0) is 5.41 Å². The third-order valence-electron chi connectivity index (χ3n) is 1.65. The van der Waals surface area contributed by atoms with E-state index in [0.29, 0.717) is 0 Å². The summed E-state index contributed by atoms with van der Waals surface area (Å²) < 4.78 is 1.68. The molecule has 0 unspecified atom stereocenters. The Labute approximate surface area is 66.0 Å². The maximum absolute atomic E-state index is 11.2. The van der Waals surface area contributed by atoms with E-state index in [1.807, 2.05) is 34.0 Å². The van der Waals surface area contributed by atoms with E-state index in [-0.39, 0.29) is 11.0 Å². The molecule has 0 bridgehead atoms. The third-order valence-corrected chi connectivity index (χ3v) is 1.65. The lowest BCUT2D eigenvalue weighted by Gasteiger charge is -2.13. The standard InChI is InChI=1S/C8H14N2O/c1-8(2,3)6-5-10(4)9-7(6)11/h5H,1-4H3,(H,9,11). The Kier molecular flexibility index (Phi) is 1.66. The van der Waals surface area contributed by atoms with Crippen LogP contribution >= 0.6 is 0 Å². The van der Waals surface area contributed by atoms with E-state index < -0.39 is 0 Å². The lowest BCUT2D eigenvalue weighted by atomic mass is 9.90. The van der Waals surface area contributed by atoms with Crippen LogP contribution < -0.4 is 5.56 Å². The zero-order valence-electron chi connectivity index (χ0n) is 7.43. The molecule has 0 atom stereocenters. The van der Waals surface area contributed by atoms with Crippen molar-refractivity contribution in [2.75, 3.05) is 0 Å². The second kappa shape index (κ2) is 2.26. The van der Waals surface area contributed by atoms with Crippen molar-refractivity contribution in [3.63, 3.8) is 0 Å². The van der Waals surface area contributed by atoms with Crippen molar-refractivity contribution in [3.8, 4) is 0 Å². The summed E-state index contributed by atoms with van der Waals surface area (Å²) in [7, 11) is 1.82. The Balaban J connectivity index is 3.25. The fourth-order valence-electron chi connectivity index (χ4n) is 1.04. The van der Waals surface area contributed by atoms with E-state index in [1.165, 1.54) is 0 Å². The molecule has 1 rings (SSSR count). The lowest BCUT2D eigenvalue weighted by molar-refractivity contribution is 0.585. The van der Waals surface area contributed by atoms with Crippen molar-refractivity contribution in [1.82, 2.24) is 9.78 Å². The highest BCUT2D eigenvalue weighted by Crippen LogP contribution is 2.17. The number of rotatable bonds is 0. The van der Waals surface area contributed by atoms with Gasteiger partial charge in [0, 0.05) is 18.8 Å². The zero-order valence-corrected chi connectivity index (χ0v) is 7.43. The fraction of sp³-hybridized carbons (Fsp3) is 0.625. The second-order valence-corrected chi connectivity index (χ2v) is 3.84. The smallest absolute Gasteiger partial charge is 0.267 e. The summed E-state index contributed by atoms with van der Waals surface area (Å²) >= 11 is 0. The molecule has 1 aromatic rings. The molecule has 3 heteroatoms. The molecule has 0 aromatic carbocycles. The van der Waals surface area contributed by atoms with Gasteiger partial charge in [-0.1, -0.05) is 20.8 Å². The van der Waals surface area contributed by atoms with Gasteiger partial charge in [0.25, 0.3) is 5.56 Å². The number of hydrogen-bond donors (Lipinski definition) is 1. The number of nitrogens with one attached hydrogen (secondary N) is 1. The maximum atomic E-state index is 11.2. The Bertz CT molecular complexity index is 301. The molecule has 0 saturated heterocycles. The summed E-state index contributed by atoms with van der Waals surface area (Å²) in [5, 5.41) is 2.68. The normalized spacial score (nSPS) is 12.0. The minimum absolute atomic E-state index is 0.0139. The molecule has 1 N–H and O–H groups in total. The van der Waals surface area contributed by atoms with Crippen LogP contribution in [0.5, 0.6) is 0 Å². The highest BCUT2D eigenvalue weighted by molar-refractivity contribution is 5.15. The van der Waals surface area contributed by atoms with Crippen molar-refractivity contribution >= 4 is 0 Å². The van der Waals surface area contributed by atoms with E-state index in [9.17, 15) is 4.79 Å². The molecule has 0 aliphatic carbocycles. The first-order valence-corrected chi connectivity index (χ1v) is 3.67. The Hall–Kier alpha value is -0.990. The Morgan fingerprint density at radius 2 is 2.00 bits per heavy atom. The maximum Gasteiger partial charge on any atom is 0.267 e. The first kappa shape index (κ1) is 8.11. The third kappa shape index (κ3) is 1.53. The van der Waals surface area contributed by atoms with Crippen LogP contribution in [0.4, 0.5) is 0 Å². The van der Waals surface area contributed by atoms with Crippen molar-refractivity contribution in [1.29, 1.82) is 0 Å². The summed E-state index contributed by atoms with van der Waals surface area (Å²) in [6, 6.07) is 0. The van der Waals surface area contributed by atoms with Gasteiger partial charge < -0.3 is 0 Å². The topological polar surface area (TPSA) is 37.8 Å². The molecule has 0 fully saturated rings. The van der Waals surface area contributed by atoms with Crippen molar-refractivity contribution in [2.45, 2.75) is 26.2 Å². The Morgan fingerprint density at radius 1 is 1.45 bits per heavy atom. The van der Waals surface area contributed by atoms with Gasteiger partial charge in [-0.25, -0.2) is 0 Å². The van der Waals surface area contributed by atoms with Gasteiger partial charge in [0.15, 0.2) is 0 Å². The number of nitrogens with zero attached hydrogens (tertiary/aromatic N) is 1. The number of hydrogen-bond acceptors (Lipinski definition) is 1. The summed E-state index contributed by atoms with van der Waals surface area (Å²) in [6.45, 7) is 6.08. The summed E-state index contributed by atoms with van der Waals surface area (Å²) in [5.74, 6) is 0. The molecule has 1 aromatic heterocycles. The number of aromatic amines is 1.